The maximum absolute atomic E-state index is 12.5. The van der Waals surface area contributed by atoms with Crippen molar-refractivity contribution < 1.29 is 19.4 Å². The molecule has 1 aromatic carbocycles. The van der Waals surface area contributed by atoms with Crippen molar-refractivity contribution in [3.8, 4) is 5.75 Å². The predicted octanol–water partition coefficient (Wildman–Crippen LogP) is 0.920. The van der Waals surface area contributed by atoms with Crippen LogP contribution in [0.25, 0.3) is 0 Å². The van der Waals surface area contributed by atoms with Crippen molar-refractivity contribution in [2.24, 2.45) is 0 Å². The molecular formula is C13H16N2O4S. The van der Waals surface area contributed by atoms with E-state index in [1.807, 2.05) is 0 Å². The van der Waals surface area contributed by atoms with E-state index < -0.39 is 12.0 Å². The van der Waals surface area contributed by atoms with E-state index in [4.69, 9.17) is 10.5 Å². The standard InChI is InChI=1S/C13H16N2O4S/c1-19-8-2-3-10(14)9(6-8)12(16)15-4-5-20-7-11(15)13(17)18/h2-3,6,11H,4-5,7,14H2,1H3,(H,17,18). The number of rotatable bonds is 3. The summed E-state index contributed by atoms with van der Waals surface area (Å²) in [5, 5.41) is 9.21. The van der Waals surface area contributed by atoms with E-state index >= 15 is 0 Å². The van der Waals surface area contributed by atoms with Crippen LogP contribution in [0.15, 0.2) is 18.2 Å². The van der Waals surface area contributed by atoms with Crippen molar-refractivity contribution >= 4 is 29.3 Å². The van der Waals surface area contributed by atoms with Crippen molar-refractivity contribution in [3.05, 3.63) is 23.8 Å². The second-order valence-electron chi connectivity index (χ2n) is 4.38. The van der Waals surface area contributed by atoms with Crippen molar-refractivity contribution in [1.82, 2.24) is 4.90 Å². The van der Waals surface area contributed by atoms with Gasteiger partial charge >= 0.3 is 5.97 Å². The maximum Gasteiger partial charge on any atom is 0.327 e. The molecule has 1 unspecified atom stereocenters. The van der Waals surface area contributed by atoms with Gasteiger partial charge in [-0.05, 0) is 18.2 Å². The van der Waals surface area contributed by atoms with Crippen LogP contribution < -0.4 is 10.5 Å². The molecule has 1 amide bonds. The SMILES string of the molecule is COc1ccc(N)c(C(=O)N2CCSCC2C(=O)O)c1. The van der Waals surface area contributed by atoms with Crippen LogP contribution in [0.3, 0.4) is 0 Å². The Morgan fingerprint density at radius 3 is 2.90 bits per heavy atom. The Bertz CT molecular complexity index is 535. The van der Waals surface area contributed by atoms with E-state index in [2.05, 4.69) is 0 Å². The van der Waals surface area contributed by atoms with Gasteiger partial charge in [0.15, 0.2) is 0 Å². The monoisotopic (exact) mass is 296 g/mol. The summed E-state index contributed by atoms with van der Waals surface area (Å²) in [6.07, 6.45) is 0. The first-order valence-corrected chi connectivity index (χ1v) is 7.25. The number of nitrogens with two attached hydrogens (primary N) is 1. The third kappa shape index (κ3) is 2.82. The van der Waals surface area contributed by atoms with Gasteiger partial charge in [0.2, 0.25) is 0 Å². The van der Waals surface area contributed by atoms with Crippen LogP contribution in [0.1, 0.15) is 10.4 Å². The van der Waals surface area contributed by atoms with E-state index in [-0.39, 0.29) is 11.5 Å². The minimum Gasteiger partial charge on any atom is -0.497 e. The zero-order valence-corrected chi connectivity index (χ0v) is 11.9. The lowest BCUT2D eigenvalue weighted by Gasteiger charge is -2.32. The van der Waals surface area contributed by atoms with E-state index in [1.54, 1.807) is 18.2 Å². The topological polar surface area (TPSA) is 92.9 Å². The highest BCUT2D eigenvalue weighted by Gasteiger charge is 2.33. The molecule has 0 spiro atoms. The number of benzene rings is 1. The van der Waals surface area contributed by atoms with E-state index in [9.17, 15) is 14.7 Å². The van der Waals surface area contributed by atoms with Crippen molar-refractivity contribution in [3.63, 3.8) is 0 Å². The number of amides is 1. The number of methoxy groups -OCH3 is 1. The van der Waals surface area contributed by atoms with Crippen LogP contribution in [0.2, 0.25) is 0 Å². The number of ether oxygens (including phenoxy) is 1. The molecule has 1 heterocycles. The summed E-state index contributed by atoms with van der Waals surface area (Å²) >= 11 is 1.53. The van der Waals surface area contributed by atoms with Crippen LogP contribution >= 0.6 is 11.8 Å². The summed E-state index contributed by atoms with van der Waals surface area (Å²) in [7, 11) is 1.50. The van der Waals surface area contributed by atoms with E-state index in [1.165, 1.54) is 23.8 Å². The Balaban J connectivity index is 2.31. The first kappa shape index (κ1) is 14.5. The van der Waals surface area contributed by atoms with Crippen LogP contribution in [-0.2, 0) is 4.79 Å². The normalized spacial score (nSPS) is 18.6. The third-order valence-electron chi connectivity index (χ3n) is 3.17. The Hall–Kier alpha value is -1.89. The number of carboxylic acids is 1. The molecule has 108 valence electrons. The first-order valence-electron chi connectivity index (χ1n) is 6.09. The summed E-state index contributed by atoms with van der Waals surface area (Å²) < 4.78 is 5.07. The largest absolute Gasteiger partial charge is 0.497 e. The fourth-order valence-corrected chi connectivity index (χ4v) is 3.09. The minimum atomic E-state index is -0.994. The number of anilines is 1. The zero-order valence-electron chi connectivity index (χ0n) is 11.0. The summed E-state index contributed by atoms with van der Waals surface area (Å²) in [4.78, 5) is 25.1. The van der Waals surface area contributed by atoms with E-state index in [0.29, 0.717) is 23.7 Å². The van der Waals surface area contributed by atoms with Gasteiger partial charge in [-0.3, -0.25) is 4.79 Å². The molecule has 2 rings (SSSR count). The molecule has 0 aromatic heterocycles. The number of aliphatic carboxylic acids is 1. The Kier molecular flexibility index (Phi) is 4.39. The molecule has 20 heavy (non-hydrogen) atoms. The number of nitrogen functional groups attached to an aromatic ring is 1. The number of thioether (sulfide) groups is 1. The Labute approximate surface area is 120 Å². The molecule has 1 fully saturated rings. The van der Waals surface area contributed by atoms with Gasteiger partial charge in [-0.15, -0.1) is 0 Å². The number of hydrogen-bond donors (Lipinski definition) is 2. The third-order valence-corrected chi connectivity index (χ3v) is 4.19. The van der Waals surface area contributed by atoms with Crippen molar-refractivity contribution in [1.29, 1.82) is 0 Å². The molecule has 0 saturated carbocycles. The number of nitrogens with zero attached hydrogens (tertiary/aromatic N) is 1. The second kappa shape index (κ2) is 6.04. The van der Waals surface area contributed by atoms with Crippen LogP contribution in [0, 0.1) is 0 Å². The maximum atomic E-state index is 12.5. The minimum absolute atomic E-state index is 0.280. The molecule has 3 N–H and O–H groups in total. The van der Waals surface area contributed by atoms with Gasteiger partial charge in [-0.2, -0.15) is 11.8 Å². The van der Waals surface area contributed by atoms with Gasteiger partial charge in [0, 0.05) is 23.7 Å². The molecule has 1 aromatic rings. The molecule has 0 bridgehead atoms. The summed E-state index contributed by atoms with van der Waals surface area (Å²) in [5.41, 5.74) is 6.42. The number of carbonyl (C=O) groups excluding carboxylic acids is 1. The van der Waals surface area contributed by atoms with Gasteiger partial charge in [0.05, 0.1) is 12.7 Å². The Morgan fingerprint density at radius 1 is 1.50 bits per heavy atom. The molecule has 1 aliphatic heterocycles. The van der Waals surface area contributed by atoms with Gasteiger partial charge in [0.1, 0.15) is 11.8 Å². The highest BCUT2D eigenvalue weighted by Crippen LogP contribution is 2.24. The molecule has 1 atom stereocenters. The average Bonchev–Trinajstić information content (AvgIpc) is 2.47. The van der Waals surface area contributed by atoms with Crippen molar-refractivity contribution in [2.45, 2.75) is 6.04 Å². The van der Waals surface area contributed by atoms with Gasteiger partial charge in [0.25, 0.3) is 5.91 Å². The molecule has 0 radical (unpaired) electrons. The molecule has 1 aliphatic rings. The fraction of sp³-hybridized carbons (Fsp3) is 0.385. The fourth-order valence-electron chi connectivity index (χ4n) is 2.05. The quantitative estimate of drug-likeness (QED) is 0.806. The molecule has 1 saturated heterocycles. The number of carboxylic acid groups (broad SMARTS) is 1. The average molecular weight is 296 g/mol. The van der Waals surface area contributed by atoms with Crippen LogP contribution in [0.4, 0.5) is 5.69 Å². The molecule has 6 nitrogen and oxygen atoms in total. The summed E-state index contributed by atoms with van der Waals surface area (Å²) in [5.74, 6) is 0.270. The van der Waals surface area contributed by atoms with Gasteiger partial charge in [-0.1, -0.05) is 0 Å². The number of carbonyl (C=O) groups is 2. The highest BCUT2D eigenvalue weighted by molar-refractivity contribution is 7.99. The van der Waals surface area contributed by atoms with Crippen LogP contribution in [0.5, 0.6) is 5.75 Å². The molecular weight excluding hydrogens is 280 g/mol. The van der Waals surface area contributed by atoms with Gasteiger partial charge in [-0.25, -0.2) is 4.79 Å². The van der Waals surface area contributed by atoms with Gasteiger partial charge < -0.3 is 20.5 Å². The van der Waals surface area contributed by atoms with Crippen molar-refractivity contribution in [2.75, 3.05) is 30.9 Å². The highest BCUT2D eigenvalue weighted by atomic mass is 32.2. The summed E-state index contributed by atoms with van der Waals surface area (Å²) in [6, 6.07) is 3.97. The number of hydrogen-bond acceptors (Lipinski definition) is 5. The smallest absolute Gasteiger partial charge is 0.327 e. The summed E-state index contributed by atoms with van der Waals surface area (Å²) in [6.45, 7) is 0.400. The lowest BCUT2D eigenvalue weighted by atomic mass is 10.1. The Morgan fingerprint density at radius 2 is 2.25 bits per heavy atom. The molecule has 7 heteroatoms. The molecule has 0 aliphatic carbocycles. The zero-order chi connectivity index (χ0) is 14.7. The van der Waals surface area contributed by atoms with E-state index in [0.717, 1.165) is 5.75 Å². The lowest BCUT2D eigenvalue weighted by Crippen LogP contribution is -2.50. The lowest BCUT2D eigenvalue weighted by molar-refractivity contribution is -0.141. The van der Waals surface area contributed by atoms with Crippen LogP contribution in [-0.4, -0.2) is 53.1 Å². The first-order chi connectivity index (χ1) is 9.54. The predicted molar refractivity (Wildman–Crippen MR) is 77.2 cm³/mol. The second-order valence-corrected chi connectivity index (χ2v) is 5.53.